The van der Waals surface area contributed by atoms with E-state index >= 15 is 0 Å². The molecule has 0 atom stereocenters. The third-order valence-corrected chi connectivity index (χ3v) is 3.51. The molecule has 0 N–H and O–H groups in total. The summed E-state index contributed by atoms with van der Waals surface area (Å²) < 4.78 is 24.0. The zero-order chi connectivity index (χ0) is 10.6. The second-order valence-corrected chi connectivity index (χ2v) is 5.31. The van der Waals surface area contributed by atoms with Gasteiger partial charge in [-0.25, -0.2) is 8.42 Å². The van der Waals surface area contributed by atoms with Gasteiger partial charge in [-0.1, -0.05) is 34.7 Å². The highest BCUT2D eigenvalue weighted by Crippen LogP contribution is 2.16. The third kappa shape index (κ3) is 2.82. The molecule has 1 rings (SSSR count). The van der Waals surface area contributed by atoms with Gasteiger partial charge in [0, 0.05) is 9.88 Å². The van der Waals surface area contributed by atoms with Gasteiger partial charge in [0.15, 0.2) is 9.84 Å². The normalized spacial score (nSPS) is 11.8. The van der Waals surface area contributed by atoms with Crippen LogP contribution in [0.25, 0.3) is 0 Å². The average molecular weight is 273 g/mol. The monoisotopic (exact) mass is 272 g/mol. The predicted octanol–water partition coefficient (Wildman–Crippen LogP) is 2.92. The highest BCUT2D eigenvalue weighted by atomic mass is 79.9. The molecule has 0 aliphatic heterocycles. The quantitative estimate of drug-likeness (QED) is 0.793. The third-order valence-electron chi connectivity index (χ3n) is 1.54. The van der Waals surface area contributed by atoms with Crippen molar-refractivity contribution in [2.45, 2.75) is 4.90 Å². The molecular weight excluding hydrogens is 264 g/mol. The Morgan fingerprint density at radius 3 is 2.29 bits per heavy atom. The molecule has 0 saturated heterocycles. The molecule has 0 heterocycles. The fourth-order valence-corrected chi connectivity index (χ4v) is 2.12. The first kappa shape index (κ1) is 11.2. The lowest BCUT2D eigenvalue weighted by molar-refractivity contribution is 0.604. The topological polar surface area (TPSA) is 34.1 Å². The number of halogens is 1. The average Bonchev–Trinajstić information content (AvgIpc) is 2.16. The van der Waals surface area contributed by atoms with Crippen LogP contribution >= 0.6 is 15.9 Å². The molecule has 74 valence electrons. The summed E-state index contributed by atoms with van der Waals surface area (Å²) in [6.07, 6.45) is 2.83. The summed E-state index contributed by atoms with van der Waals surface area (Å²) in [5.41, 5.74) is 0. The van der Waals surface area contributed by atoms with Crippen LogP contribution in [0.4, 0.5) is 0 Å². The lowest BCUT2D eigenvalue weighted by Gasteiger charge is -1.97. The summed E-state index contributed by atoms with van der Waals surface area (Å²) in [4.78, 5) is 0.277. The van der Waals surface area contributed by atoms with Crippen molar-refractivity contribution >= 4 is 25.8 Å². The van der Waals surface area contributed by atoms with Crippen molar-refractivity contribution in [2.75, 3.05) is 0 Å². The van der Waals surface area contributed by atoms with Crippen molar-refractivity contribution in [1.82, 2.24) is 0 Å². The van der Waals surface area contributed by atoms with Gasteiger partial charge < -0.3 is 0 Å². The van der Waals surface area contributed by atoms with Gasteiger partial charge in [-0.15, -0.1) is 0 Å². The maximum Gasteiger partial charge on any atom is 0.199 e. The second kappa shape index (κ2) is 4.57. The fraction of sp³-hybridized carbons (Fsp3) is 0. The number of hydrogen-bond acceptors (Lipinski definition) is 2. The fourth-order valence-electron chi connectivity index (χ4n) is 0.862. The molecule has 0 bridgehead atoms. The van der Waals surface area contributed by atoms with Crippen LogP contribution in [-0.4, -0.2) is 8.42 Å². The van der Waals surface area contributed by atoms with Gasteiger partial charge in [0.25, 0.3) is 0 Å². The minimum absolute atomic E-state index is 0.277. The Kier molecular flexibility index (Phi) is 3.66. The van der Waals surface area contributed by atoms with Crippen molar-refractivity contribution in [2.24, 2.45) is 0 Å². The molecule has 0 aliphatic carbocycles. The van der Waals surface area contributed by atoms with Gasteiger partial charge >= 0.3 is 0 Å². The van der Waals surface area contributed by atoms with Gasteiger partial charge in [-0.3, -0.25) is 0 Å². The first-order valence-electron chi connectivity index (χ1n) is 3.86. The van der Waals surface area contributed by atoms with E-state index in [2.05, 4.69) is 22.5 Å². The van der Waals surface area contributed by atoms with E-state index in [4.69, 9.17) is 0 Å². The molecule has 1 aromatic rings. The molecule has 14 heavy (non-hydrogen) atoms. The maximum absolute atomic E-state index is 11.6. The molecule has 4 heteroatoms. The van der Waals surface area contributed by atoms with Crippen molar-refractivity contribution in [1.29, 1.82) is 0 Å². The van der Waals surface area contributed by atoms with Crippen molar-refractivity contribution in [3.63, 3.8) is 0 Å². The largest absolute Gasteiger partial charge is 0.219 e. The highest BCUT2D eigenvalue weighted by Gasteiger charge is 2.08. The van der Waals surface area contributed by atoms with E-state index in [0.717, 1.165) is 9.88 Å². The molecule has 0 saturated carbocycles. The smallest absolute Gasteiger partial charge is 0.199 e. The Morgan fingerprint density at radius 1 is 1.21 bits per heavy atom. The zero-order valence-corrected chi connectivity index (χ0v) is 9.75. The van der Waals surface area contributed by atoms with E-state index in [1.54, 1.807) is 24.3 Å². The van der Waals surface area contributed by atoms with Crippen LogP contribution in [0.3, 0.4) is 0 Å². The summed E-state index contributed by atoms with van der Waals surface area (Å²) in [6.45, 7) is 3.41. The molecule has 0 amide bonds. The zero-order valence-electron chi connectivity index (χ0n) is 7.35. The summed E-state index contributed by atoms with van der Waals surface area (Å²) in [7, 11) is -3.31. The number of rotatable bonds is 3. The number of allylic oxidation sites excluding steroid dienone is 2. The van der Waals surface area contributed by atoms with Crippen LogP contribution in [-0.2, 0) is 9.84 Å². The summed E-state index contributed by atoms with van der Waals surface area (Å²) in [5, 5.41) is 1.13. The molecule has 1 aromatic carbocycles. The molecule has 0 radical (unpaired) electrons. The van der Waals surface area contributed by atoms with Gasteiger partial charge in [0.2, 0.25) is 0 Å². The van der Waals surface area contributed by atoms with E-state index in [1.165, 1.54) is 12.2 Å². The number of sulfone groups is 1. The minimum atomic E-state index is -3.31. The van der Waals surface area contributed by atoms with Crippen LogP contribution in [0.5, 0.6) is 0 Å². The highest BCUT2D eigenvalue weighted by molar-refractivity contribution is 9.10. The number of hydrogen-bond donors (Lipinski definition) is 0. The maximum atomic E-state index is 11.6. The molecule has 0 spiro atoms. The standard InChI is InChI=1S/C10H9BrO2S/c1-2-3-8-14(12,13)10-6-4-9(11)5-7-10/h2-8H,1H2/b8-3+. The Bertz CT molecular complexity index is 444. The van der Waals surface area contributed by atoms with Crippen LogP contribution in [0.2, 0.25) is 0 Å². The van der Waals surface area contributed by atoms with Gasteiger partial charge in [-0.2, -0.15) is 0 Å². The van der Waals surface area contributed by atoms with Gasteiger partial charge in [-0.05, 0) is 24.3 Å². The Morgan fingerprint density at radius 2 is 1.79 bits per heavy atom. The first-order valence-corrected chi connectivity index (χ1v) is 6.20. The summed E-state index contributed by atoms with van der Waals surface area (Å²) in [5.74, 6) is 0. The molecule has 0 unspecified atom stereocenters. The van der Waals surface area contributed by atoms with Crippen LogP contribution in [0, 0.1) is 0 Å². The first-order chi connectivity index (χ1) is 6.56. The Labute approximate surface area is 92.0 Å². The Hall–Kier alpha value is -0.870. The van der Waals surface area contributed by atoms with Crippen molar-refractivity contribution < 1.29 is 8.42 Å². The number of benzene rings is 1. The van der Waals surface area contributed by atoms with Crippen LogP contribution in [0.1, 0.15) is 0 Å². The van der Waals surface area contributed by atoms with E-state index in [0.29, 0.717) is 0 Å². The van der Waals surface area contributed by atoms with Gasteiger partial charge in [0.05, 0.1) is 4.90 Å². The van der Waals surface area contributed by atoms with E-state index in [9.17, 15) is 8.42 Å². The SMILES string of the molecule is C=C/C=C/S(=O)(=O)c1ccc(Br)cc1. The van der Waals surface area contributed by atoms with E-state index in [-0.39, 0.29) is 4.90 Å². The summed E-state index contributed by atoms with van der Waals surface area (Å²) >= 11 is 3.24. The second-order valence-electron chi connectivity index (χ2n) is 2.56. The van der Waals surface area contributed by atoms with Crippen LogP contribution in [0.15, 0.2) is 57.8 Å². The molecule has 0 fully saturated rings. The van der Waals surface area contributed by atoms with Crippen molar-refractivity contribution in [3.8, 4) is 0 Å². The lowest BCUT2D eigenvalue weighted by atomic mass is 10.4. The Balaban J connectivity index is 3.11. The van der Waals surface area contributed by atoms with Crippen molar-refractivity contribution in [3.05, 3.63) is 52.9 Å². The summed E-state index contributed by atoms with van der Waals surface area (Å²) in [6, 6.07) is 6.48. The van der Waals surface area contributed by atoms with Gasteiger partial charge in [0.1, 0.15) is 0 Å². The van der Waals surface area contributed by atoms with Crippen LogP contribution < -0.4 is 0 Å². The molecule has 0 aromatic heterocycles. The van der Waals surface area contributed by atoms with E-state index < -0.39 is 9.84 Å². The predicted molar refractivity (Wildman–Crippen MR) is 60.7 cm³/mol. The molecule has 0 aliphatic rings. The van der Waals surface area contributed by atoms with E-state index in [1.807, 2.05) is 0 Å². The minimum Gasteiger partial charge on any atom is -0.219 e. The lowest BCUT2D eigenvalue weighted by Crippen LogP contribution is -1.95. The molecular formula is C10H9BrO2S. The molecule has 2 nitrogen and oxygen atoms in total.